The fourth-order valence-corrected chi connectivity index (χ4v) is 1.98. The molecule has 0 radical (unpaired) electrons. The first-order valence-corrected chi connectivity index (χ1v) is 7.12. The van der Waals surface area contributed by atoms with Crippen LogP contribution in [0.1, 0.15) is 11.1 Å². The Morgan fingerprint density at radius 1 is 1.04 bits per heavy atom. The van der Waals surface area contributed by atoms with Gasteiger partial charge in [-0.2, -0.15) is 0 Å². The van der Waals surface area contributed by atoms with Crippen molar-refractivity contribution in [2.75, 3.05) is 17.2 Å². The van der Waals surface area contributed by atoms with Gasteiger partial charge in [-0.25, -0.2) is 9.18 Å². The topological polar surface area (TPSA) is 70.2 Å². The number of aryl methyl sites for hydroxylation is 1. The summed E-state index contributed by atoms with van der Waals surface area (Å²) in [7, 11) is 0. The summed E-state index contributed by atoms with van der Waals surface area (Å²) >= 11 is 0. The minimum Gasteiger partial charge on any atom is -0.329 e. The lowest BCUT2D eigenvalue weighted by Crippen LogP contribution is -2.36. The lowest BCUT2D eigenvalue weighted by atomic mass is 10.1. The Labute approximate surface area is 133 Å². The number of benzene rings is 2. The van der Waals surface area contributed by atoms with Gasteiger partial charge in [0.05, 0.1) is 6.54 Å². The third-order valence-corrected chi connectivity index (χ3v) is 3.37. The van der Waals surface area contributed by atoms with E-state index < -0.39 is 17.8 Å². The second-order valence-electron chi connectivity index (χ2n) is 5.11. The molecule has 3 amide bonds. The first-order valence-electron chi connectivity index (χ1n) is 7.12. The number of urea groups is 1. The van der Waals surface area contributed by atoms with Gasteiger partial charge in [0, 0.05) is 11.4 Å². The van der Waals surface area contributed by atoms with Gasteiger partial charge in [-0.15, -0.1) is 0 Å². The summed E-state index contributed by atoms with van der Waals surface area (Å²) in [6.45, 7) is 3.64. The zero-order valence-corrected chi connectivity index (χ0v) is 12.9. The molecule has 0 heterocycles. The van der Waals surface area contributed by atoms with Gasteiger partial charge in [0.1, 0.15) is 5.82 Å². The second-order valence-corrected chi connectivity index (χ2v) is 5.11. The quantitative estimate of drug-likeness (QED) is 0.811. The van der Waals surface area contributed by atoms with E-state index in [-0.39, 0.29) is 6.54 Å². The van der Waals surface area contributed by atoms with E-state index in [1.165, 1.54) is 18.2 Å². The fourth-order valence-electron chi connectivity index (χ4n) is 1.98. The molecule has 23 heavy (non-hydrogen) atoms. The molecule has 2 aromatic carbocycles. The van der Waals surface area contributed by atoms with Gasteiger partial charge >= 0.3 is 6.03 Å². The molecule has 0 bridgehead atoms. The third kappa shape index (κ3) is 4.81. The maximum atomic E-state index is 13.0. The molecule has 0 spiro atoms. The summed E-state index contributed by atoms with van der Waals surface area (Å²) < 4.78 is 13.0. The summed E-state index contributed by atoms with van der Waals surface area (Å²) in [5, 5.41) is 7.65. The van der Waals surface area contributed by atoms with Crippen LogP contribution in [0.2, 0.25) is 0 Å². The predicted octanol–water partition coefficient (Wildman–Crippen LogP) is 3.20. The number of hydrogen-bond acceptors (Lipinski definition) is 2. The van der Waals surface area contributed by atoms with Gasteiger partial charge < -0.3 is 16.0 Å². The van der Waals surface area contributed by atoms with E-state index >= 15 is 0 Å². The molecule has 0 aliphatic heterocycles. The Balaban J connectivity index is 1.84. The number of halogens is 1. The highest BCUT2D eigenvalue weighted by atomic mass is 19.1. The van der Waals surface area contributed by atoms with Gasteiger partial charge in [-0.3, -0.25) is 4.79 Å². The standard InChI is InChI=1S/C17H18FN3O2/c1-11-5-3-8-15(12(11)2)21-17(23)19-10-16(22)20-14-7-4-6-13(18)9-14/h3-9H,10H2,1-2H3,(H,20,22)(H2,19,21,23). The van der Waals surface area contributed by atoms with E-state index in [0.29, 0.717) is 11.4 Å². The van der Waals surface area contributed by atoms with E-state index in [0.717, 1.165) is 11.1 Å². The highest BCUT2D eigenvalue weighted by Crippen LogP contribution is 2.17. The first kappa shape index (κ1) is 16.5. The normalized spacial score (nSPS) is 10.0. The molecule has 2 aromatic rings. The molecule has 0 saturated heterocycles. The zero-order chi connectivity index (χ0) is 16.8. The monoisotopic (exact) mass is 315 g/mol. The van der Waals surface area contributed by atoms with Crippen LogP contribution in [0.4, 0.5) is 20.6 Å². The van der Waals surface area contributed by atoms with Gasteiger partial charge in [-0.1, -0.05) is 18.2 Å². The number of carbonyl (C=O) groups is 2. The molecule has 0 aliphatic carbocycles. The van der Waals surface area contributed by atoms with E-state index in [1.807, 2.05) is 26.0 Å². The van der Waals surface area contributed by atoms with E-state index in [2.05, 4.69) is 16.0 Å². The third-order valence-electron chi connectivity index (χ3n) is 3.37. The lowest BCUT2D eigenvalue weighted by Gasteiger charge is -2.11. The van der Waals surface area contributed by atoms with Crippen molar-refractivity contribution in [3.05, 3.63) is 59.4 Å². The fraction of sp³-hybridized carbons (Fsp3) is 0.176. The van der Waals surface area contributed by atoms with Crippen molar-refractivity contribution in [1.29, 1.82) is 0 Å². The van der Waals surface area contributed by atoms with Gasteiger partial charge in [0.25, 0.3) is 0 Å². The van der Waals surface area contributed by atoms with Crippen LogP contribution in [0.25, 0.3) is 0 Å². The van der Waals surface area contributed by atoms with Crippen molar-refractivity contribution >= 4 is 23.3 Å². The summed E-state index contributed by atoms with van der Waals surface area (Å²) in [6, 6.07) is 10.6. The highest BCUT2D eigenvalue weighted by molar-refractivity contribution is 5.97. The summed E-state index contributed by atoms with van der Waals surface area (Å²) in [5.41, 5.74) is 3.05. The first-order chi connectivity index (χ1) is 11.0. The molecule has 120 valence electrons. The van der Waals surface area contributed by atoms with Crippen molar-refractivity contribution in [3.63, 3.8) is 0 Å². The molecular weight excluding hydrogens is 297 g/mol. The molecule has 3 N–H and O–H groups in total. The average Bonchev–Trinajstić information content (AvgIpc) is 2.50. The Hall–Kier alpha value is -2.89. The molecule has 2 rings (SSSR count). The van der Waals surface area contributed by atoms with Crippen molar-refractivity contribution < 1.29 is 14.0 Å². The minimum absolute atomic E-state index is 0.215. The molecule has 0 fully saturated rings. The molecule has 0 aromatic heterocycles. The maximum Gasteiger partial charge on any atom is 0.319 e. The Kier molecular flexibility index (Phi) is 5.30. The van der Waals surface area contributed by atoms with Gasteiger partial charge in [-0.05, 0) is 49.2 Å². The highest BCUT2D eigenvalue weighted by Gasteiger charge is 2.08. The van der Waals surface area contributed by atoms with E-state index in [9.17, 15) is 14.0 Å². The van der Waals surface area contributed by atoms with Crippen molar-refractivity contribution in [2.45, 2.75) is 13.8 Å². The Morgan fingerprint density at radius 2 is 1.78 bits per heavy atom. The molecule has 5 nitrogen and oxygen atoms in total. The van der Waals surface area contributed by atoms with Crippen molar-refractivity contribution in [2.24, 2.45) is 0 Å². The van der Waals surface area contributed by atoms with E-state index in [4.69, 9.17) is 0 Å². The number of nitrogens with one attached hydrogen (secondary N) is 3. The van der Waals surface area contributed by atoms with Crippen LogP contribution in [-0.2, 0) is 4.79 Å². The van der Waals surface area contributed by atoms with Crippen LogP contribution in [0, 0.1) is 19.7 Å². The Morgan fingerprint density at radius 3 is 2.52 bits per heavy atom. The molecule has 0 atom stereocenters. The van der Waals surface area contributed by atoms with Crippen LogP contribution in [0.15, 0.2) is 42.5 Å². The van der Waals surface area contributed by atoms with Crippen LogP contribution in [0.5, 0.6) is 0 Å². The van der Waals surface area contributed by atoms with Crippen LogP contribution in [0.3, 0.4) is 0 Å². The van der Waals surface area contributed by atoms with Gasteiger partial charge in [0.15, 0.2) is 0 Å². The summed E-state index contributed by atoms with van der Waals surface area (Å²) in [5.74, 6) is -0.880. The van der Waals surface area contributed by atoms with Crippen LogP contribution in [-0.4, -0.2) is 18.5 Å². The molecule has 0 saturated carbocycles. The summed E-state index contributed by atoms with van der Waals surface area (Å²) in [6.07, 6.45) is 0. The Bertz CT molecular complexity index is 732. The number of anilines is 2. The number of rotatable bonds is 4. The average molecular weight is 315 g/mol. The molecule has 0 unspecified atom stereocenters. The molecule has 0 aliphatic rings. The molecule has 6 heteroatoms. The zero-order valence-electron chi connectivity index (χ0n) is 12.9. The second kappa shape index (κ2) is 7.40. The van der Waals surface area contributed by atoms with Crippen molar-refractivity contribution in [1.82, 2.24) is 5.32 Å². The molecular formula is C17H18FN3O2. The van der Waals surface area contributed by atoms with Crippen LogP contribution >= 0.6 is 0 Å². The number of hydrogen-bond donors (Lipinski definition) is 3. The van der Waals surface area contributed by atoms with E-state index in [1.54, 1.807) is 12.1 Å². The SMILES string of the molecule is Cc1cccc(NC(=O)NCC(=O)Nc2cccc(F)c2)c1C. The summed E-state index contributed by atoms with van der Waals surface area (Å²) in [4.78, 5) is 23.6. The maximum absolute atomic E-state index is 13.0. The lowest BCUT2D eigenvalue weighted by molar-refractivity contribution is -0.115. The number of carbonyl (C=O) groups excluding carboxylic acids is 2. The smallest absolute Gasteiger partial charge is 0.319 e. The van der Waals surface area contributed by atoms with Crippen LogP contribution < -0.4 is 16.0 Å². The number of amides is 3. The largest absolute Gasteiger partial charge is 0.329 e. The van der Waals surface area contributed by atoms with Crippen molar-refractivity contribution in [3.8, 4) is 0 Å². The minimum atomic E-state index is -0.479. The van der Waals surface area contributed by atoms with Gasteiger partial charge in [0.2, 0.25) is 5.91 Å². The predicted molar refractivity (Wildman–Crippen MR) is 88.0 cm³/mol.